The second kappa shape index (κ2) is 23.2. The number of Topliss-reactive ketones (excluding diaryl/α,β-unsaturated/α-hetero) is 2. The van der Waals surface area contributed by atoms with Gasteiger partial charge in [-0.05, 0) is 114 Å². The molecule has 5 rings (SSSR count). The average molecular weight is 882 g/mol. The van der Waals surface area contributed by atoms with Crippen LogP contribution in [0.1, 0.15) is 117 Å². The van der Waals surface area contributed by atoms with Crippen molar-refractivity contribution in [2.75, 3.05) is 27.9 Å². The number of allylic oxidation sites excluding steroid dienone is 3. The Hall–Kier alpha value is -3.30. The van der Waals surface area contributed by atoms with Gasteiger partial charge in [0.2, 0.25) is 5.79 Å². The van der Waals surface area contributed by atoms with Crippen molar-refractivity contribution in [3.63, 3.8) is 0 Å². The van der Waals surface area contributed by atoms with Crippen LogP contribution in [0.15, 0.2) is 53.6 Å². The first-order chi connectivity index (χ1) is 30.0. The van der Waals surface area contributed by atoms with E-state index in [4.69, 9.17) is 23.7 Å². The summed E-state index contributed by atoms with van der Waals surface area (Å²) < 4.78 is 30.1. The Balaban J connectivity index is 1.54. The number of hydrogen-bond acceptors (Lipinski definition) is 12. The first kappa shape index (κ1) is 50.7. The summed E-state index contributed by atoms with van der Waals surface area (Å²) in [6, 6.07) is 8.98. The lowest BCUT2D eigenvalue weighted by Gasteiger charge is -2.47. The number of amides is 1. The van der Waals surface area contributed by atoms with Crippen LogP contribution in [0, 0.1) is 29.6 Å². The predicted octanol–water partition coefficient (Wildman–Crippen LogP) is 6.09. The Kier molecular flexibility index (Phi) is 18.7. The lowest BCUT2D eigenvalue weighted by atomic mass is 9.81. The molecule has 0 aromatic heterocycles. The van der Waals surface area contributed by atoms with Crippen LogP contribution in [0.25, 0.3) is 0 Å². The van der Waals surface area contributed by atoms with Crippen molar-refractivity contribution in [3.05, 3.63) is 59.2 Å². The molecular formula is C50H75NO12. The lowest BCUT2D eigenvalue weighted by Crippen LogP contribution is -2.64. The van der Waals surface area contributed by atoms with Crippen molar-refractivity contribution >= 4 is 23.4 Å². The molecule has 1 amide bonds. The molecule has 1 aromatic rings. The van der Waals surface area contributed by atoms with Gasteiger partial charge in [0, 0.05) is 52.0 Å². The highest BCUT2D eigenvalue weighted by Gasteiger charge is 2.56. The van der Waals surface area contributed by atoms with Crippen LogP contribution < -0.4 is 0 Å². The third kappa shape index (κ3) is 12.7. The highest BCUT2D eigenvalue weighted by atomic mass is 16.7. The molecule has 2 bridgehead atoms. The first-order valence-electron chi connectivity index (χ1n) is 23.3. The van der Waals surface area contributed by atoms with Gasteiger partial charge in [0.1, 0.15) is 24.0 Å². The monoisotopic (exact) mass is 882 g/mol. The quantitative estimate of drug-likeness (QED) is 0.148. The Morgan fingerprint density at radius 3 is 2.24 bits per heavy atom. The van der Waals surface area contributed by atoms with Gasteiger partial charge in [-0.15, -0.1) is 0 Å². The maximum atomic E-state index is 14.5. The van der Waals surface area contributed by atoms with Crippen LogP contribution in [-0.2, 0) is 49.3 Å². The highest BCUT2D eigenvalue weighted by Crippen LogP contribution is 2.39. The van der Waals surface area contributed by atoms with Gasteiger partial charge in [-0.3, -0.25) is 14.4 Å². The van der Waals surface area contributed by atoms with Gasteiger partial charge in [0.15, 0.2) is 0 Å². The second-order valence-electron chi connectivity index (χ2n) is 19.1. The molecule has 14 atom stereocenters. The van der Waals surface area contributed by atoms with E-state index in [1.165, 1.54) is 17.6 Å². The standard InChI is InChI=1S/C50H75NO12/c1-30-23-31(2)25-43(60-7)46-44(61-8)27-33(4)50(58,63-46)47(55)48(56)51-22-13-12-19-38(51)49(57)62-45(32(3)26-36-20-21-39(52)42(28-36)59-6)34(5)40(53)29-41(54)37(24-30)18-14-17-35-15-10-9-11-16-35/h9-11,15-16,24,26,31,33-34,36-40,42-46,52-53,58H,12-14,17-23,25,27-29H2,1-8H3/b30-24+,32-26?. The molecule has 3 N–H and O–H groups in total. The fourth-order valence-electron chi connectivity index (χ4n) is 10.5. The number of aliphatic hydroxyl groups excluding tert-OH is 2. The van der Waals surface area contributed by atoms with Crippen LogP contribution >= 0.6 is 0 Å². The molecule has 2 saturated heterocycles. The Labute approximate surface area is 374 Å². The summed E-state index contributed by atoms with van der Waals surface area (Å²) in [6.07, 6.45) is 5.16. The number of ketones is 2. The summed E-state index contributed by atoms with van der Waals surface area (Å²) in [5.74, 6) is -7.63. The van der Waals surface area contributed by atoms with Crippen molar-refractivity contribution in [1.29, 1.82) is 0 Å². The maximum absolute atomic E-state index is 14.5. The summed E-state index contributed by atoms with van der Waals surface area (Å²) in [5, 5.41) is 34.6. The van der Waals surface area contributed by atoms with Crippen molar-refractivity contribution < 1.29 is 58.2 Å². The summed E-state index contributed by atoms with van der Waals surface area (Å²) in [4.78, 5) is 58.7. The molecule has 3 fully saturated rings. The van der Waals surface area contributed by atoms with Gasteiger partial charge in [0.05, 0.1) is 30.5 Å². The first-order valence-corrected chi connectivity index (χ1v) is 23.3. The van der Waals surface area contributed by atoms with Gasteiger partial charge >= 0.3 is 5.97 Å². The smallest absolute Gasteiger partial charge is 0.329 e. The Morgan fingerprint density at radius 1 is 0.873 bits per heavy atom. The molecule has 4 aliphatic rings. The molecule has 13 heteroatoms. The van der Waals surface area contributed by atoms with Crippen molar-refractivity contribution in [2.24, 2.45) is 29.6 Å². The zero-order valence-electron chi connectivity index (χ0n) is 38.9. The Bertz CT molecular complexity index is 1750. The zero-order chi connectivity index (χ0) is 46.0. The summed E-state index contributed by atoms with van der Waals surface area (Å²) in [6.45, 7) is 9.39. The van der Waals surface area contributed by atoms with E-state index in [1.807, 2.05) is 44.2 Å². The van der Waals surface area contributed by atoms with E-state index in [-0.39, 0.29) is 49.5 Å². The molecule has 0 spiro atoms. The number of aryl methyl sites for hydroxylation is 1. The minimum atomic E-state index is -2.52. The summed E-state index contributed by atoms with van der Waals surface area (Å²) >= 11 is 0. The number of benzene rings is 1. The summed E-state index contributed by atoms with van der Waals surface area (Å²) in [7, 11) is 4.65. The molecule has 13 nitrogen and oxygen atoms in total. The molecule has 3 aliphatic heterocycles. The maximum Gasteiger partial charge on any atom is 0.329 e. The number of carbonyl (C=O) groups is 4. The molecule has 1 saturated carbocycles. The van der Waals surface area contributed by atoms with Crippen LogP contribution in [0.4, 0.5) is 0 Å². The van der Waals surface area contributed by atoms with Crippen LogP contribution in [0.3, 0.4) is 0 Å². The number of cyclic esters (lactones) is 1. The van der Waals surface area contributed by atoms with Crippen molar-refractivity contribution in [2.45, 2.75) is 173 Å². The van der Waals surface area contributed by atoms with Gasteiger partial charge in [-0.25, -0.2) is 4.79 Å². The largest absolute Gasteiger partial charge is 0.456 e. The number of nitrogens with zero attached hydrogens (tertiary/aromatic N) is 1. The van der Waals surface area contributed by atoms with E-state index in [0.717, 1.165) is 18.4 Å². The topological polar surface area (TPSA) is 178 Å². The van der Waals surface area contributed by atoms with E-state index in [9.17, 15) is 34.5 Å². The van der Waals surface area contributed by atoms with Gasteiger partial charge in [-0.1, -0.05) is 68.8 Å². The second-order valence-corrected chi connectivity index (χ2v) is 19.1. The van der Waals surface area contributed by atoms with E-state index >= 15 is 0 Å². The third-order valence-corrected chi connectivity index (χ3v) is 14.3. The molecule has 1 aliphatic carbocycles. The summed E-state index contributed by atoms with van der Waals surface area (Å²) in [5.41, 5.74) is 2.84. The third-order valence-electron chi connectivity index (χ3n) is 14.3. The van der Waals surface area contributed by atoms with E-state index in [0.29, 0.717) is 56.9 Å². The number of piperidine rings is 1. The van der Waals surface area contributed by atoms with Gasteiger partial charge in [0.25, 0.3) is 11.7 Å². The van der Waals surface area contributed by atoms with Crippen molar-refractivity contribution in [3.8, 4) is 0 Å². The molecule has 0 radical (unpaired) electrons. The minimum absolute atomic E-state index is 0.0104. The Morgan fingerprint density at radius 2 is 1.56 bits per heavy atom. The molecule has 3 heterocycles. The number of hydrogen-bond donors (Lipinski definition) is 3. The number of methoxy groups -OCH3 is 3. The number of esters is 1. The predicted molar refractivity (Wildman–Crippen MR) is 237 cm³/mol. The van der Waals surface area contributed by atoms with E-state index in [2.05, 4.69) is 19.1 Å². The van der Waals surface area contributed by atoms with Crippen LogP contribution in [0.5, 0.6) is 0 Å². The number of fused-ring (bicyclic) bond motifs is 3. The molecule has 14 unspecified atom stereocenters. The van der Waals surface area contributed by atoms with E-state index < -0.39 is 83.9 Å². The fourth-order valence-corrected chi connectivity index (χ4v) is 10.5. The van der Waals surface area contributed by atoms with Gasteiger partial charge < -0.3 is 43.9 Å². The normalized spacial score (nSPS) is 38.2. The fraction of sp³-hybridized carbons (Fsp3) is 0.720. The lowest BCUT2D eigenvalue weighted by molar-refractivity contribution is -0.302. The minimum Gasteiger partial charge on any atom is -0.456 e. The number of aliphatic hydroxyl groups is 3. The van der Waals surface area contributed by atoms with E-state index in [1.54, 1.807) is 28.1 Å². The highest BCUT2D eigenvalue weighted by molar-refractivity contribution is 6.39. The molecule has 1 aromatic carbocycles. The van der Waals surface area contributed by atoms with Crippen LogP contribution in [0.2, 0.25) is 0 Å². The average Bonchev–Trinajstić information content (AvgIpc) is 3.27. The molecule has 63 heavy (non-hydrogen) atoms. The van der Waals surface area contributed by atoms with Gasteiger partial charge in [-0.2, -0.15) is 0 Å². The van der Waals surface area contributed by atoms with Crippen molar-refractivity contribution in [1.82, 2.24) is 4.90 Å². The molecule has 352 valence electrons. The number of carbonyl (C=O) groups excluding carboxylic acids is 4. The van der Waals surface area contributed by atoms with Crippen LogP contribution in [-0.4, -0.2) is 126 Å². The molecular weight excluding hydrogens is 807 g/mol. The SMILES string of the molecule is COC1CC(C=C(C)C2OC(=O)C3CCCCN3C(=O)C(=O)C3(O)OC(C(OC)CC(C)C/C(C)=C/C(CCCc4ccccc4)C(=O)CC(O)C2C)C(OC)CC3C)CCC1O. The number of rotatable bonds is 9. The number of ether oxygens (including phenoxy) is 5. The zero-order valence-corrected chi connectivity index (χ0v) is 38.9.